The monoisotopic (exact) mass is 431 g/mol. The van der Waals surface area contributed by atoms with Gasteiger partial charge in [-0.05, 0) is 23.8 Å². The van der Waals surface area contributed by atoms with Crippen LogP contribution in [0, 0.1) is 0 Å². The fourth-order valence-electron chi connectivity index (χ4n) is 3.28. The first-order valence-corrected chi connectivity index (χ1v) is 9.21. The third-order valence-corrected chi connectivity index (χ3v) is 4.86. The van der Waals surface area contributed by atoms with Crippen molar-refractivity contribution in [1.82, 2.24) is 19.5 Å². The molecule has 1 saturated heterocycles. The second-order valence-corrected chi connectivity index (χ2v) is 6.77. The van der Waals surface area contributed by atoms with Gasteiger partial charge in [-0.3, -0.25) is 4.57 Å². The number of aliphatic hydroxyl groups excluding tert-OH is 3. The summed E-state index contributed by atoms with van der Waals surface area (Å²) in [4.78, 5) is 12.4. The summed E-state index contributed by atoms with van der Waals surface area (Å²) in [5.41, 5.74) is 9.73. The van der Waals surface area contributed by atoms with E-state index in [0.717, 1.165) is 0 Å². The SMILES string of the molecule is COc1cc(/C=N\Nc2nc3c(N)ncnc3n2[C@@H]2O[C@@H](CO)[C@@H](O)[C@H]2O)ccc1O. The van der Waals surface area contributed by atoms with Crippen LogP contribution in [0.5, 0.6) is 11.5 Å². The molecule has 4 atom stereocenters. The molecular weight excluding hydrogens is 410 g/mol. The van der Waals surface area contributed by atoms with Crippen LogP contribution in [-0.4, -0.2) is 78.2 Å². The molecule has 13 nitrogen and oxygen atoms in total. The molecule has 3 aromatic rings. The van der Waals surface area contributed by atoms with E-state index >= 15 is 0 Å². The number of nitrogen functional groups attached to an aromatic ring is 1. The molecule has 2 aromatic heterocycles. The van der Waals surface area contributed by atoms with E-state index in [0.29, 0.717) is 5.56 Å². The van der Waals surface area contributed by atoms with Crippen LogP contribution in [0.2, 0.25) is 0 Å². The first-order valence-electron chi connectivity index (χ1n) is 9.21. The Morgan fingerprint density at radius 3 is 2.84 bits per heavy atom. The molecule has 1 aliphatic rings. The summed E-state index contributed by atoms with van der Waals surface area (Å²) >= 11 is 0. The predicted molar refractivity (Wildman–Crippen MR) is 109 cm³/mol. The number of methoxy groups -OCH3 is 1. The maximum atomic E-state index is 10.5. The Balaban J connectivity index is 1.69. The second kappa shape index (κ2) is 8.31. The summed E-state index contributed by atoms with van der Waals surface area (Å²) in [7, 11) is 1.43. The number of aromatic hydroxyl groups is 1. The number of fused-ring (bicyclic) bond motifs is 1. The van der Waals surface area contributed by atoms with Crippen molar-refractivity contribution >= 4 is 29.1 Å². The number of anilines is 2. The van der Waals surface area contributed by atoms with E-state index in [2.05, 4.69) is 25.5 Å². The minimum Gasteiger partial charge on any atom is -0.504 e. The largest absolute Gasteiger partial charge is 0.504 e. The molecule has 0 bridgehead atoms. The van der Waals surface area contributed by atoms with Crippen molar-refractivity contribution in [1.29, 1.82) is 0 Å². The Morgan fingerprint density at radius 1 is 1.32 bits per heavy atom. The van der Waals surface area contributed by atoms with Crippen molar-refractivity contribution in [3.63, 3.8) is 0 Å². The lowest BCUT2D eigenvalue weighted by molar-refractivity contribution is -0.0501. The molecule has 0 radical (unpaired) electrons. The average molecular weight is 431 g/mol. The second-order valence-electron chi connectivity index (χ2n) is 6.77. The Labute approximate surface area is 175 Å². The third-order valence-electron chi connectivity index (χ3n) is 4.86. The minimum atomic E-state index is -1.36. The highest BCUT2D eigenvalue weighted by Gasteiger charge is 2.45. The molecule has 1 aromatic carbocycles. The van der Waals surface area contributed by atoms with Crippen molar-refractivity contribution < 1.29 is 29.9 Å². The van der Waals surface area contributed by atoms with E-state index in [1.807, 2.05) is 0 Å². The van der Waals surface area contributed by atoms with Crippen LogP contribution < -0.4 is 15.9 Å². The highest BCUT2D eigenvalue weighted by molar-refractivity contribution is 5.85. The van der Waals surface area contributed by atoms with Crippen LogP contribution >= 0.6 is 0 Å². The number of nitrogens with zero attached hydrogens (tertiary/aromatic N) is 5. The van der Waals surface area contributed by atoms with Gasteiger partial charge in [0.2, 0.25) is 5.95 Å². The normalized spacial score (nSPS) is 23.6. The zero-order chi connectivity index (χ0) is 22.1. The smallest absolute Gasteiger partial charge is 0.228 e. The number of hydrogen-bond acceptors (Lipinski definition) is 12. The quantitative estimate of drug-likeness (QED) is 0.211. The predicted octanol–water partition coefficient (Wildman–Crippen LogP) is -0.820. The molecule has 31 heavy (non-hydrogen) atoms. The maximum Gasteiger partial charge on any atom is 0.228 e. The van der Waals surface area contributed by atoms with Gasteiger partial charge in [-0.25, -0.2) is 20.4 Å². The van der Waals surface area contributed by atoms with Crippen LogP contribution in [0.3, 0.4) is 0 Å². The average Bonchev–Trinajstić information content (AvgIpc) is 3.27. The van der Waals surface area contributed by atoms with Gasteiger partial charge in [-0.15, -0.1) is 0 Å². The van der Waals surface area contributed by atoms with Crippen molar-refractivity contribution in [3.8, 4) is 11.5 Å². The Hall–Kier alpha value is -3.52. The van der Waals surface area contributed by atoms with Crippen LogP contribution in [0.4, 0.5) is 11.8 Å². The molecule has 0 spiro atoms. The molecule has 7 N–H and O–H groups in total. The minimum absolute atomic E-state index is 0.00665. The van der Waals surface area contributed by atoms with Gasteiger partial charge in [-0.1, -0.05) is 0 Å². The molecule has 0 aliphatic carbocycles. The number of aromatic nitrogens is 4. The number of nitrogens with two attached hydrogens (primary N) is 1. The van der Waals surface area contributed by atoms with Gasteiger partial charge < -0.3 is 35.6 Å². The fourth-order valence-corrected chi connectivity index (χ4v) is 3.28. The lowest BCUT2D eigenvalue weighted by Crippen LogP contribution is -2.33. The first kappa shape index (κ1) is 20.7. The van der Waals surface area contributed by atoms with Crippen LogP contribution in [0.25, 0.3) is 11.2 Å². The Kier molecular flexibility index (Phi) is 5.56. The molecular formula is C18H21N7O6. The van der Waals surface area contributed by atoms with Crippen molar-refractivity contribution in [2.45, 2.75) is 24.5 Å². The lowest BCUT2D eigenvalue weighted by atomic mass is 10.1. The van der Waals surface area contributed by atoms with Crippen molar-refractivity contribution in [2.24, 2.45) is 5.10 Å². The van der Waals surface area contributed by atoms with Crippen molar-refractivity contribution in [3.05, 3.63) is 30.1 Å². The molecule has 164 valence electrons. The summed E-state index contributed by atoms with van der Waals surface area (Å²) in [6, 6.07) is 4.67. The number of hydrazone groups is 1. The van der Waals surface area contributed by atoms with Crippen LogP contribution in [-0.2, 0) is 4.74 Å². The van der Waals surface area contributed by atoms with E-state index in [4.69, 9.17) is 15.2 Å². The molecule has 4 rings (SSSR count). The Morgan fingerprint density at radius 2 is 2.13 bits per heavy atom. The summed E-state index contributed by atoms with van der Waals surface area (Å²) < 4.78 is 12.1. The van der Waals surface area contributed by atoms with Gasteiger partial charge in [-0.2, -0.15) is 5.10 Å². The number of aliphatic hydroxyl groups is 3. The van der Waals surface area contributed by atoms with Crippen molar-refractivity contribution in [2.75, 3.05) is 24.9 Å². The van der Waals surface area contributed by atoms with E-state index in [-0.39, 0.29) is 34.4 Å². The molecule has 1 fully saturated rings. The Bertz CT molecular complexity index is 1120. The molecule has 13 heteroatoms. The fraction of sp³-hybridized carbons (Fsp3) is 0.333. The summed E-state index contributed by atoms with van der Waals surface area (Å²) in [6.45, 7) is -0.484. The maximum absolute atomic E-state index is 10.5. The summed E-state index contributed by atoms with van der Waals surface area (Å²) in [5, 5.41) is 43.8. The first-order chi connectivity index (χ1) is 14.9. The summed E-state index contributed by atoms with van der Waals surface area (Å²) in [6.07, 6.45) is -2.09. The number of phenolic OH excluding ortho intramolecular Hbond substituents is 1. The zero-order valence-electron chi connectivity index (χ0n) is 16.3. The van der Waals surface area contributed by atoms with Gasteiger partial charge in [0.1, 0.15) is 24.6 Å². The lowest BCUT2D eigenvalue weighted by Gasteiger charge is -2.18. The number of ether oxygens (including phenoxy) is 2. The number of rotatable bonds is 6. The number of hydrogen-bond donors (Lipinski definition) is 6. The number of imidazole rings is 1. The number of nitrogens with one attached hydrogen (secondary N) is 1. The molecule has 0 unspecified atom stereocenters. The highest BCUT2D eigenvalue weighted by Crippen LogP contribution is 2.35. The molecule has 0 saturated carbocycles. The summed E-state index contributed by atoms with van der Waals surface area (Å²) in [5.74, 6) is 0.489. The van der Waals surface area contributed by atoms with Crippen LogP contribution in [0.1, 0.15) is 11.8 Å². The number of phenols is 1. The van der Waals surface area contributed by atoms with Gasteiger partial charge >= 0.3 is 0 Å². The van der Waals surface area contributed by atoms with E-state index in [1.54, 1.807) is 12.1 Å². The van der Waals surface area contributed by atoms with E-state index < -0.39 is 31.1 Å². The van der Waals surface area contributed by atoms with Gasteiger partial charge in [0.15, 0.2) is 34.7 Å². The standard InChI is InChI=1S/C18H21N7O6/c1-30-10-4-8(2-3-9(10)27)5-22-24-18-23-12-15(19)20-7-21-16(12)25(18)17-14(29)13(28)11(6-26)31-17/h2-5,7,11,13-14,17,26-29H,6H2,1H3,(H,23,24)(H2,19,20,21)/b22-5-/t11-,13+,14+,17+/m0/s1. The highest BCUT2D eigenvalue weighted by atomic mass is 16.6. The van der Waals surface area contributed by atoms with Gasteiger partial charge in [0.05, 0.1) is 19.9 Å². The van der Waals surface area contributed by atoms with Gasteiger partial charge in [0.25, 0.3) is 0 Å². The molecule has 3 heterocycles. The van der Waals surface area contributed by atoms with Crippen LogP contribution in [0.15, 0.2) is 29.6 Å². The molecule has 0 amide bonds. The molecule has 1 aliphatic heterocycles. The number of benzene rings is 1. The third kappa shape index (κ3) is 3.70. The van der Waals surface area contributed by atoms with Gasteiger partial charge in [0, 0.05) is 0 Å². The zero-order valence-corrected chi connectivity index (χ0v) is 16.3. The van der Waals surface area contributed by atoms with E-state index in [9.17, 15) is 20.4 Å². The van der Waals surface area contributed by atoms with E-state index in [1.165, 1.54) is 30.3 Å². The topological polar surface area (TPSA) is 193 Å².